The molecule has 3 heterocycles. The number of amides is 1. The predicted molar refractivity (Wildman–Crippen MR) is 125 cm³/mol. The lowest BCUT2D eigenvalue weighted by molar-refractivity contribution is 0.102. The van der Waals surface area contributed by atoms with Crippen LogP contribution in [0.5, 0.6) is 0 Å². The van der Waals surface area contributed by atoms with Gasteiger partial charge in [0.05, 0.1) is 33.7 Å². The fourth-order valence-electron chi connectivity index (χ4n) is 3.93. The molecule has 0 fully saturated rings. The van der Waals surface area contributed by atoms with Gasteiger partial charge < -0.3 is 5.32 Å². The van der Waals surface area contributed by atoms with Crippen molar-refractivity contribution < 1.29 is 9.18 Å². The summed E-state index contributed by atoms with van der Waals surface area (Å²) in [7, 11) is 1.81. The first-order valence-electron chi connectivity index (χ1n) is 10.4. The summed E-state index contributed by atoms with van der Waals surface area (Å²) < 4.78 is 16.7. The summed E-state index contributed by atoms with van der Waals surface area (Å²) in [5.74, 6) is -0.163. The fraction of sp³-hybridized carbons (Fsp3) is 0.120. The molecule has 33 heavy (non-hydrogen) atoms. The molecule has 0 unspecified atom stereocenters. The number of nitrogens with one attached hydrogen (secondary N) is 1. The second-order valence-electron chi connectivity index (χ2n) is 7.84. The molecule has 0 spiro atoms. The smallest absolute Gasteiger partial charge is 0.257 e. The topological polar surface area (TPSA) is 77.6 Å². The van der Waals surface area contributed by atoms with Gasteiger partial charge in [0.15, 0.2) is 5.65 Å². The van der Waals surface area contributed by atoms with Crippen LogP contribution in [0.15, 0.2) is 66.7 Å². The van der Waals surface area contributed by atoms with E-state index in [2.05, 4.69) is 15.5 Å². The standard InChI is InChI=1S/C25H21FN6O/c1-15-13-22(32(29-15)19-11-9-18(26)10-12-19)28-25(33)20-14-21(17-7-5-4-6-8-17)27-24-23(20)16(2)30-31(24)3/h4-14H,1-3H3,(H,28,33). The van der Waals surface area contributed by atoms with Gasteiger partial charge >= 0.3 is 0 Å². The van der Waals surface area contributed by atoms with Crippen molar-refractivity contribution >= 4 is 22.8 Å². The van der Waals surface area contributed by atoms with E-state index in [1.54, 1.807) is 33.6 Å². The second-order valence-corrected chi connectivity index (χ2v) is 7.84. The summed E-state index contributed by atoms with van der Waals surface area (Å²) in [5, 5.41) is 12.6. The van der Waals surface area contributed by atoms with Gasteiger partial charge in [-0.15, -0.1) is 0 Å². The molecule has 5 rings (SSSR count). The van der Waals surface area contributed by atoms with E-state index in [1.165, 1.54) is 12.1 Å². The molecule has 7 nitrogen and oxygen atoms in total. The third-order valence-electron chi connectivity index (χ3n) is 5.43. The minimum Gasteiger partial charge on any atom is -0.306 e. The molecule has 164 valence electrons. The first-order valence-corrected chi connectivity index (χ1v) is 10.4. The minimum atomic E-state index is -0.340. The van der Waals surface area contributed by atoms with Gasteiger partial charge in [-0.3, -0.25) is 9.48 Å². The molecule has 0 atom stereocenters. The van der Waals surface area contributed by atoms with Crippen LogP contribution in [0, 0.1) is 19.7 Å². The zero-order valence-electron chi connectivity index (χ0n) is 18.4. The van der Waals surface area contributed by atoms with Crippen LogP contribution in [0.25, 0.3) is 28.0 Å². The Balaban J connectivity index is 1.60. The SMILES string of the molecule is Cc1cc(NC(=O)c2cc(-c3ccccc3)nc3c2c(C)nn3C)n(-c2ccc(F)cc2)n1. The summed E-state index contributed by atoms with van der Waals surface area (Å²) in [6.45, 7) is 3.69. The van der Waals surface area contributed by atoms with E-state index in [-0.39, 0.29) is 11.7 Å². The molecule has 0 saturated carbocycles. The number of hydrogen-bond donors (Lipinski definition) is 1. The van der Waals surface area contributed by atoms with E-state index < -0.39 is 0 Å². The molecule has 0 saturated heterocycles. The first kappa shape index (κ1) is 20.6. The number of fused-ring (bicyclic) bond motifs is 1. The summed E-state index contributed by atoms with van der Waals surface area (Å²) in [4.78, 5) is 18.3. The Kier molecular flexibility index (Phi) is 4.97. The highest BCUT2D eigenvalue weighted by Gasteiger charge is 2.21. The molecule has 5 aromatic rings. The van der Waals surface area contributed by atoms with Crippen LogP contribution in [-0.2, 0) is 7.05 Å². The first-order chi connectivity index (χ1) is 15.9. The maximum atomic E-state index is 13.5. The molecule has 0 radical (unpaired) electrons. The van der Waals surface area contributed by atoms with Crippen LogP contribution in [0.2, 0.25) is 0 Å². The average Bonchev–Trinajstić information content (AvgIpc) is 3.32. The largest absolute Gasteiger partial charge is 0.306 e. The predicted octanol–water partition coefficient (Wildman–Crippen LogP) is 4.83. The zero-order valence-corrected chi connectivity index (χ0v) is 18.4. The zero-order chi connectivity index (χ0) is 23.1. The average molecular weight is 440 g/mol. The quantitative estimate of drug-likeness (QED) is 0.434. The Bertz CT molecular complexity index is 1490. The number of pyridine rings is 1. The molecule has 0 aliphatic rings. The number of carbonyl (C=O) groups excluding carboxylic acids is 1. The Labute approximate surface area is 189 Å². The van der Waals surface area contributed by atoms with E-state index in [1.807, 2.05) is 51.2 Å². The van der Waals surface area contributed by atoms with Crippen LogP contribution in [-0.4, -0.2) is 30.5 Å². The highest BCUT2D eigenvalue weighted by atomic mass is 19.1. The lowest BCUT2D eigenvalue weighted by Crippen LogP contribution is -2.16. The van der Waals surface area contributed by atoms with E-state index in [0.29, 0.717) is 39.5 Å². The van der Waals surface area contributed by atoms with Gasteiger partial charge in [0, 0.05) is 18.7 Å². The molecule has 0 bridgehead atoms. The molecule has 1 N–H and O–H groups in total. The number of aryl methyl sites for hydroxylation is 3. The maximum absolute atomic E-state index is 13.5. The van der Waals surface area contributed by atoms with Crippen LogP contribution in [0.3, 0.4) is 0 Å². The van der Waals surface area contributed by atoms with Crippen LogP contribution in [0.4, 0.5) is 10.2 Å². The fourth-order valence-corrected chi connectivity index (χ4v) is 3.93. The number of halogens is 1. The van der Waals surface area contributed by atoms with Crippen molar-refractivity contribution in [1.29, 1.82) is 0 Å². The number of rotatable bonds is 4. The summed E-state index contributed by atoms with van der Waals surface area (Å²) in [6.07, 6.45) is 0. The van der Waals surface area contributed by atoms with Gasteiger partial charge in [-0.25, -0.2) is 14.1 Å². The number of anilines is 1. The highest BCUT2D eigenvalue weighted by molar-refractivity contribution is 6.13. The highest BCUT2D eigenvalue weighted by Crippen LogP contribution is 2.28. The molecule has 1 amide bonds. The lowest BCUT2D eigenvalue weighted by atomic mass is 10.0. The molecular formula is C25H21FN6O. The van der Waals surface area contributed by atoms with Crippen molar-refractivity contribution in [1.82, 2.24) is 24.5 Å². The Hall–Kier alpha value is -4.33. The van der Waals surface area contributed by atoms with E-state index in [9.17, 15) is 9.18 Å². The van der Waals surface area contributed by atoms with Gasteiger partial charge in [0.2, 0.25) is 0 Å². The van der Waals surface area contributed by atoms with E-state index in [4.69, 9.17) is 4.98 Å². The van der Waals surface area contributed by atoms with E-state index >= 15 is 0 Å². The summed E-state index contributed by atoms with van der Waals surface area (Å²) in [5.41, 5.74) is 4.75. The Morgan fingerprint density at radius 1 is 0.970 bits per heavy atom. The number of carbonyl (C=O) groups is 1. The Morgan fingerprint density at radius 3 is 2.42 bits per heavy atom. The van der Waals surface area contributed by atoms with Crippen molar-refractivity contribution in [2.45, 2.75) is 13.8 Å². The van der Waals surface area contributed by atoms with Gasteiger partial charge in [0.25, 0.3) is 5.91 Å². The summed E-state index contributed by atoms with van der Waals surface area (Å²) in [6, 6.07) is 19.2. The van der Waals surface area contributed by atoms with Gasteiger partial charge in [0.1, 0.15) is 11.6 Å². The normalized spacial score (nSPS) is 11.2. The second kappa shape index (κ2) is 7.98. The van der Waals surface area contributed by atoms with Crippen LogP contribution < -0.4 is 5.32 Å². The van der Waals surface area contributed by atoms with Crippen molar-refractivity contribution in [2.75, 3.05) is 5.32 Å². The van der Waals surface area contributed by atoms with Crippen molar-refractivity contribution in [3.63, 3.8) is 0 Å². The minimum absolute atomic E-state index is 0.307. The molecule has 0 aliphatic heterocycles. The maximum Gasteiger partial charge on any atom is 0.257 e. The Morgan fingerprint density at radius 2 is 1.70 bits per heavy atom. The molecule has 0 aliphatic carbocycles. The third-order valence-corrected chi connectivity index (χ3v) is 5.43. The summed E-state index contributed by atoms with van der Waals surface area (Å²) >= 11 is 0. The van der Waals surface area contributed by atoms with Gasteiger partial charge in [-0.05, 0) is 44.2 Å². The van der Waals surface area contributed by atoms with Crippen molar-refractivity contribution in [2.24, 2.45) is 7.05 Å². The molecule has 3 aromatic heterocycles. The van der Waals surface area contributed by atoms with Crippen molar-refractivity contribution in [3.05, 3.63) is 89.5 Å². The molecular weight excluding hydrogens is 419 g/mol. The number of nitrogens with zero attached hydrogens (tertiary/aromatic N) is 5. The molecule has 2 aromatic carbocycles. The lowest BCUT2D eigenvalue weighted by Gasteiger charge is -2.11. The number of hydrogen-bond acceptors (Lipinski definition) is 4. The van der Waals surface area contributed by atoms with Crippen LogP contribution >= 0.6 is 0 Å². The number of aromatic nitrogens is 5. The van der Waals surface area contributed by atoms with Gasteiger partial charge in [-0.2, -0.15) is 10.2 Å². The van der Waals surface area contributed by atoms with Gasteiger partial charge in [-0.1, -0.05) is 30.3 Å². The van der Waals surface area contributed by atoms with Crippen molar-refractivity contribution in [3.8, 4) is 16.9 Å². The molecule has 8 heteroatoms. The number of benzene rings is 2. The van der Waals surface area contributed by atoms with Crippen LogP contribution in [0.1, 0.15) is 21.7 Å². The van der Waals surface area contributed by atoms with E-state index in [0.717, 1.165) is 11.3 Å². The monoisotopic (exact) mass is 440 g/mol. The third kappa shape index (κ3) is 3.76.